The number of carbonyl (C=O) groups is 4. The van der Waals surface area contributed by atoms with E-state index in [2.05, 4.69) is 40.8 Å². The lowest BCUT2D eigenvalue weighted by molar-refractivity contribution is 0.0976. The van der Waals surface area contributed by atoms with Crippen molar-refractivity contribution in [3.05, 3.63) is 189 Å². The Morgan fingerprint density at radius 3 is 1.42 bits per heavy atom. The van der Waals surface area contributed by atoms with E-state index in [0.717, 1.165) is 79.0 Å². The molecule has 66 heavy (non-hydrogen) atoms. The molecule has 0 unspecified atom stereocenters. The van der Waals surface area contributed by atoms with Crippen molar-refractivity contribution >= 4 is 45.8 Å². The molecule has 13 heteroatoms. The minimum Gasteiger partial charge on any atom is -0.454 e. The number of rotatable bonds is 12. The van der Waals surface area contributed by atoms with Crippen LogP contribution in [0.5, 0.6) is 0 Å². The van der Waals surface area contributed by atoms with Gasteiger partial charge in [0, 0.05) is 58.6 Å². The molecule has 0 aromatic heterocycles. The molecule has 0 atom stereocenters. The highest BCUT2D eigenvalue weighted by Gasteiger charge is 2.24. The molecule has 0 bridgehead atoms. The van der Waals surface area contributed by atoms with Gasteiger partial charge in [-0.25, -0.2) is 27.2 Å². The van der Waals surface area contributed by atoms with Gasteiger partial charge < -0.3 is 14.4 Å². The Morgan fingerprint density at radius 2 is 1.00 bits per heavy atom. The summed E-state index contributed by atoms with van der Waals surface area (Å²) < 4.78 is 64.6. The van der Waals surface area contributed by atoms with E-state index in [4.69, 9.17) is 16.3 Å². The van der Waals surface area contributed by atoms with E-state index in [-0.39, 0.29) is 20.4 Å². The van der Waals surface area contributed by atoms with Gasteiger partial charge in [-0.1, -0.05) is 102 Å². The summed E-state index contributed by atoms with van der Waals surface area (Å²) in [5, 5.41) is 0. The summed E-state index contributed by atoms with van der Waals surface area (Å²) in [7, 11) is 0. The van der Waals surface area contributed by atoms with E-state index in [1.165, 1.54) is 34.4 Å². The summed E-state index contributed by atoms with van der Waals surface area (Å²) >= 11 is 4.72. The first-order valence-corrected chi connectivity index (χ1v) is 22.1. The molecule has 0 saturated heterocycles. The van der Waals surface area contributed by atoms with Gasteiger partial charge in [-0.15, -0.1) is 0 Å². The van der Waals surface area contributed by atoms with Crippen LogP contribution < -0.4 is 0 Å². The van der Waals surface area contributed by atoms with Crippen molar-refractivity contribution in [1.29, 1.82) is 0 Å². The van der Waals surface area contributed by atoms with Gasteiger partial charge in [-0.05, 0) is 104 Å². The van der Waals surface area contributed by atoms with E-state index in [1.54, 1.807) is 30.9 Å². The fourth-order valence-electron chi connectivity index (χ4n) is 7.63. The molecule has 0 fully saturated rings. The maximum Gasteiger partial charge on any atom is 0.410 e. The summed E-state index contributed by atoms with van der Waals surface area (Å²) in [5.74, 6) is -4.49. The third-order valence-electron chi connectivity index (χ3n) is 11.2. The zero-order valence-electron chi connectivity index (χ0n) is 37.5. The maximum atomic E-state index is 13.9. The average Bonchev–Trinajstić information content (AvgIpc) is 3.28. The van der Waals surface area contributed by atoms with Crippen LogP contribution in [0, 0.1) is 23.3 Å². The Labute approximate surface area is 390 Å². The Balaban J connectivity index is 0.000000258. The molecule has 0 N–H and O–H groups in total. The quantitative estimate of drug-likeness (QED) is 0.0699. The minimum absolute atomic E-state index is 0. The van der Waals surface area contributed by atoms with Crippen LogP contribution in [-0.2, 0) is 28.9 Å². The minimum atomic E-state index is -0.853. The Kier molecular flexibility index (Phi) is 19.0. The van der Waals surface area contributed by atoms with E-state index in [1.807, 2.05) is 49.4 Å². The molecule has 7 rings (SSSR count). The second kappa shape index (κ2) is 24.8. The van der Waals surface area contributed by atoms with Gasteiger partial charge in [-0.2, -0.15) is 0 Å². The van der Waals surface area contributed by atoms with Crippen LogP contribution in [0.4, 0.5) is 27.2 Å². The number of nitrogens with zero attached hydrogens (tertiary/aromatic N) is 2. The van der Waals surface area contributed by atoms with Crippen LogP contribution in [0.1, 0.15) is 90.5 Å². The number of hydrogen-bond donors (Lipinski definition) is 0. The first-order valence-electron chi connectivity index (χ1n) is 21.7. The first-order chi connectivity index (χ1) is 31.7. The summed E-state index contributed by atoms with van der Waals surface area (Å²) in [6.07, 6.45) is 1.34. The summed E-state index contributed by atoms with van der Waals surface area (Å²) in [4.78, 5) is 50.5. The molecule has 5 aromatic rings. The van der Waals surface area contributed by atoms with Crippen molar-refractivity contribution in [2.24, 2.45) is 0 Å². The fraction of sp³-hybridized carbons (Fsp3) is 0.283. The standard InChI is InChI=1S/C27H25F2NO.C23H23F2NO3.C3H5ClO2.H2/c1-19-14-15-30(17-21-6-3-2-4-7-21)18-23(19)22-12-10-20(11-13-22)16-26(31)27-24(28)8-5-9-25(27)29;1-3-29-23(28)26-12-11-15(2)18(14-26)17-9-7-16(8-10-17)13-21(27)22-19(24)5-4-6-20(22)25;1-2-6-3(4)5;/h2-13H,14-18H2,1H3;4-10H,3,11-14H2,1-2H3;2H2,1H3;1H/i;;;1+1. The van der Waals surface area contributed by atoms with Gasteiger partial charge in [0.05, 0.1) is 24.3 Å². The molecule has 1 amide bonds. The number of hydrogen-bond acceptors (Lipinski definition) is 7. The number of halogens is 5. The smallest absolute Gasteiger partial charge is 0.410 e. The van der Waals surface area contributed by atoms with Crippen molar-refractivity contribution in [3.8, 4) is 0 Å². The molecule has 2 aliphatic heterocycles. The van der Waals surface area contributed by atoms with E-state index >= 15 is 0 Å². The normalized spacial score (nSPS) is 13.8. The maximum absolute atomic E-state index is 13.9. The predicted octanol–water partition coefficient (Wildman–Crippen LogP) is 12.7. The number of benzene rings is 5. The van der Waals surface area contributed by atoms with Crippen molar-refractivity contribution in [2.45, 2.75) is 59.9 Å². The third kappa shape index (κ3) is 14.3. The Bertz CT molecular complexity index is 2510. The highest BCUT2D eigenvalue weighted by atomic mass is 35.5. The molecule has 0 radical (unpaired) electrons. The van der Waals surface area contributed by atoms with Crippen LogP contribution in [0.2, 0.25) is 0 Å². The van der Waals surface area contributed by atoms with Gasteiger partial charge in [0.25, 0.3) is 0 Å². The molecule has 5 aromatic carbocycles. The average molecular weight is 928 g/mol. The monoisotopic (exact) mass is 927 g/mol. The van der Waals surface area contributed by atoms with Gasteiger partial charge in [0.15, 0.2) is 11.6 Å². The van der Waals surface area contributed by atoms with Gasteiger partial charge in [-0.3, -0.25) is 14.5 Å². The molecular weight excluding hydrogens is 872 g/mol. The third-order valence-corrected chi connectivity index (χ3v) is 11.3. The first kappa shape index (κ1) is 50.6. The molecule has 2 heterocycles. The molecule has 2 aliphatic rings. The highest BCUT2D eigenvalue weighted by molar-refractivity contribution is 6.61. The lowest BCUT2D eigenvalue weighted by Gasteiger charge is -2.30. The number of Topliss-reactive ketones (excluding diaryl/α,β-unsaturated/α-hetero) is 2. The second-order valence-corrected chi connectivity index (χ2v) is 16.1. The van der Waals surface area contributed by atoms with Crippen molar-refractivity contribution in [1.82, 2.24) is 9.80 Å². The van der Waals surface area contributed by atoms with Crippen molar-refractivity contribution < 1.29 is 47.6 Å². The summed E-state index contributed by atoms with van der Waals surface area (Å²) in [5.41, 5.74) is 8.00. The zero-order chi connectivity index (χ0) is 47.8. The largest absolute Gasteiger partial charge is 0.454 e. The number of carbonyl (C=O) groups excluding carboxylic acids is 4. The highest BCUT2D eigenvalue weighted by Crippen LogP contribution is 2.29. The van der Waals surface area contributed by atoms with E-state index in [0.29, 0.717) is 31.9 Å². The molecule has 0 spiro atoms. The summed E-state index contributed by atoms with van der Waals surface area (Å²) in [6, 6.07) is 32.4. The van der Waals surface area contributed by atoms with Crippen molar-refractivity contribution in [2.75, 3.05) is 39.4 Å². The van der Waals surface area contributed by atoms with E-state index < -0.39 is 51.4 Å². The van der Waals surface area contributed by atoms with Crippen LogP contribution in [0.25, 0.3) is 11.1 Å². The molecule has 0 saturated carbocycles. The Morgan fingerprint density at radius 1 is 0.561 bits per heavy atom. The molecule has 348 valence electrons. The zero-order valence-corrected chi connectivity index (χ0v) is 38.2. The van der Waals surface area contributed by atoms with Gasteiger partial charge in [0.2, 0.25) is 0 Å². The van der Waals surface area contributed by atoms with E-state index in [9.17, 15) is 36.7 Å². The number of ketones is 2. The van der Waals surface area contributed by atoms with Gasteiger partial charge in [0.1, 0.15) is 23.3 Å². The van der Waals surface area contributed by atoms with Crippen molar-refractivity contribution in [3.63, 3.8) is 0 Å². The van der Waals surface area contributed by atoms with Crippen LogP contribution >= 0.6 is 11.6 Å². The fourth-order valence-corrected chi connectivity index (χ4v) is 7.74. The molecule has 8 nitrogen and oxygen atoms in total. The lowest BCUT2D eigenvalue weighted by Crippen LogP contribution is -2.36. The lowest BCUT2D eigenvalue weighted by atomic mass is 9.93. The van der Waals surface area contributed by atoms with Crippen LogP contribution in [0.3, 0.4) is 0 Å². The van der Waals surface area contributed by atoms with Gasteiger partial charge >= 0.3 is 11.5 Å². The number of ether oxygens (including phenoxy) is 2. The molecule has 0 aliphatic carbocycles. The Hall–Kier alpha value is -6.37. The predicted molar refractivity (Wildman–Crippen MR) is 251 cm³/mol. The van der Waals surface area contributed by atoms with Crippen LogP contribution in [-0.4, -0.2) is 72.3 Å². The molecular formula is C53H55ClF4N2O6. The SMILES string of the molecule is CC1=C(c2ccc(CC(=O)c3c(F)cccc3F)cc2)CN(Cc2ccccc2)CC1.CCOC(=O)Cl.CCOC(=O)N1CCC(C)=C(c2ccc(CC(=O)c3c(F)cccc3F)cc2)C1.[2HH]. The second-order valence-electron chi connectivity index (χ2n) is 15.8. The number of amides is 1. The van der Waals surface area contributed by atoms with Crippen LogP contribution in [0.15, 0.2) is 126 Å². The topological polar surface area (TPSA) is 93.2 Å². The summed E-state index contributed by atoms with van der Waals surface area (Å²) in [6.45, 7) is 12.3.